The van der Waals surface area contributed by atoms with Crippen molar-refractivity contribution in [2.24, 2.45) is 7.05 Å². The number of hydrogen-bond donors (Lipinski definition) is 2. The van der Waals surface area contributed by atoms with Crippen LogP contribution < -0.4 is 10.6 Å². The highest BCUT2D eigenvalue weighted by atomic mass is 32.2. The van der Waals surface area contributed by atoms with Gasteiger partial charge in [-0.05, 0) is 25.1 Å². The molecule has 0 fully saturated rings. The van der Waals surface area contributed by atoms with Crippen LogP contribution in [0.25, 0.3) is 0 Å². The molecule has 2 aromatic rings. The van der Waals surface area contributed by atoms with Crippen LogP contribution >= 0.6 is 11.8 Å². The highest BCUT2D eigenvalue weighted by Crippen LogP contribution is 2.36. The maximum Gasteiger partial charge on any atom is 0.238 e. The van der Waals surface area contributed by atoms with Crippen molar-refractivity contribution in [3.05, 3.63) is 41.7 Å². The monoisotopic (exact) mass is 330 g/mol. The molecule has 2 amide bonds. The molecule has 2 heterocycles. The molecule has 0 saturated heterocycles. The largest absolute Gasteiger partial charge is 0.350 e. The summed E-state index contributed by atoms with van der Waals surface area (Å²) in [5.74, 6) is -0.267. The number of thioether (sulfide) groups is 1. The van der Waals surface area contributed by atoms with E-state index >= 15 is 0 Å². The second-order valence-corrected chi connectivity index (χ2v) is 6.72. The first-order valence-electron chi connectivity index (χ1n) is 7.35. The minimum atomic E-state index is -0.404. The van der Waals surface area contributed by atoms with E-state index in [0.29, 0.717) is 6.54 Å². The molecule has 1 aromatic heterocycles. The first-order valence-corrected chi connectivity index (χ1v) is 8.23. The van der Waals surface area contributed by atoms with Crippen molar-refractivity contribution < 1.29 is 9.59 Å². The molecular formula is C16H18N4O2S. The van der Waals surface area contributed by atoms with Crippen molar-refractivity contribution in [2.75, 3.05) is 5.32 Å². The summed E-state index contributed by atoms with van der Waals surface area (Å²) >= 11 is 1.43. The van der Waals surface area contributed by atoms with Gasteiger partial charge in [-0.2, -0.15) is 5.10 Å². The molecule has 1 aliphatic rings. The molecule has 0 spiro atoms. The van der Waals surface area contributed by atoms with Crippen LogP contribution in [0.15, 0.2) is 35.2 Å². The summed E-state index contributed by atoms with van der Waals surface area (Å²) < 4.78 is 1.74. The van der Waals surface area contributed by atoms with Crippen LogP contribution in [0.3, 0.4) is 0 Å². The number of rotatable bonds is 4. The second kappa shape index (κ2) is 6.45. The van der Waals surface area contributed by atoms with Gasteiger partial charge in [-0.25, -0.2) is 0 Å². The van der Waals surface area contributed by atoms with Gasteiger partial charge in [0.2, 0.25) is 11.8 Å². The van der Waals surface area contributed by atoms with Crippen LogP contribution in [0.2, 0.25) is 0 Å². The van der Waals surface area contributed by atoms with Crippen molar-refractivity contribution in [3.63, 3.8) is 0 Å². The van der Waals surface area contributed by atoms with E-state index in [1.54, 1.807) is 4.68 Å². The second-order valence-electron chi connectivity index (χ2n) is 5.47. The number of aromatic nitrogens is 2. The lowest BCUT2D eigenvalue weighted by Gasteiger charge is -2.23. The zero-order valence-corrected chi connectivity index (χ0v) is 13.8. The van der Waals surface area contributed by atoms with Crippen molar-refractivity contribution >= 4 is 29.3 Å². The number of carbonyl (C=O) groups excluding carboxylic acids is 2. The fraction of sp³-hybridized carbons (Fsp3) is 0.312. The highest BCUT2D eigenvalue weighted by Gasteiger charge is 2.28. The quantitative estimate of drug-likeness (QED) is 0.897. The molecule has 23 heavy (non-hydrogen) atoms. The Morgan fingerprint density at radius 3 is 2.96 bits per heavy atom. The number of aryl methyl sites for hydroxylation is 2. The Morgan fingerprint density at radius 1 is 1.43 bits per heavy atom. The number of para-hydroxylation sites is 1. The molecule has 1 atom stereocenters. The highest BCUT2D eigenvalue weighted by molar-refractivity contribution is 8.01. The van der Waals surface area contributed by atoms with Gasteiger partial charge in [0.25, 0.3) is 0 Å². The van der Waals surface area contributed by atoms with Crippen molar-refractivity contribution in [1.29, 1.82) is 0 Å². The van der Waals surface area contributed by atoms with Crippen molar-refractivity contribution in [2.45, 2.75) is 30.0 Å². The molecule has 0 aliphatic carbocycles. The fourth-order valence-corrected chi connectivity index (χ4v) is 3.60. The summed E-state index contributed by atoms with van der Waals surface area (Å²) in [6, 6.07) is 9.54. The van der Waals surface area contributed by atoms with Crippen LogP contribution in [0.1, 0.15) is 17.8 Å². The predicted octanol–water partition coefficient (Wildman–Crippen LogP) is 1.85. The fourth-order valence-electron chi connectivity index (χ4n) is 2.49. The van der Waals surface area contributed by atoms with Gasteiger partial charge in [-0.1, -0.05) is 12.1 Å². The first kappa shape index (κ1) is 15.6. The smallest absolute Gasteiger partial charge is 0.238 e. The van der Waals surface area contributed by atoms with Gasteiger partial charge in [0.05, 0.1) is 28.9 Å². The third-order valence-electron chi connectivity index (χ3n) is 3.64. The van der Waals surface area contributed by atoms with E-state index in [1.807, 2.05) is 44.3 Å². The molecule has 0 radical (unpaired) electrons. The van der Waals surface area contributed by atoms with E-state index in [1.165, 1.54) is 11.8 Å². The van der Waals surface area contributed by atoms with Gasteiger partial charge in [0.15, 0.2) is 0 Å². The number of amides is 2. The van der Waals surface area contributed by atoms with Crippen LogP contribution in [0, 0.1) is 6.92 Å². The Bertz CT molecular complexity index is 756. The van der Waals surface area contributed by atoms with Crippen molar-refractivity contribution in [1.82, 2.24) is 15.1 Å². The lowest BCUT2D eigenvalue weighted by atomic mass is 10.2. The summed E-state index contributed by atoms with van der Waals surface area (Å²) in [4.78, 5) is 25.2. The zero-order chi connectivity index (χ0) is 16.4. The van der Waals surface area contributed by atoms with E-state index < -0.39 is 5.25 Å². The van der Waals surface area contributed by atoms with Gasteiger partial charge < -0.3 is 10.6 Å². The number of hydrogen-bond acceptors (Lipinski definition) is 4. The molecule has 2 N–H and O–H groups in total. The number of anilines is 1. The summed E-state index contributed by atoms with van der Waals surface area (Å²) in [5, 5.41) is 9.53. The molecule has 0 saturated carbocycles. The minimum Gasteiger partial charge on any atom is -0.350 e. The Hall–Kier alpha value is -2.28. The van der Waals surface area contributed by atoms with Gasteiger partial charge >= 0.3 is 0 Å². The normalized spacial score (nSPS) is 16.6. The number of nitrogens with one attached hydrogen (secondary N) is 2. The maximum absolute atomic E-state index is 12.1. The van der Waals surface area contributed by atoms with Crippen LogP contribution in [-0.4, -0.2) is 26.8 Å². The average Bonchev–Trinajstić information content (AvgIpc) is 2.84. The topological polar surface area (TPSA) is 76.0 Å². The SMILES string of the molecule is Cc1cc(CNC(=O)CC2Sc3ccccc3NC2=O)n(C)n1. The van der Waals surface area contributed by atoms with Crippen LogP contribution in [0.4, 0.5) is 5.69 Å². The third-order valence-corrected chi connectivity index (χ3v) is 4.92. The lowest BCUT2D eigenvalue weighted by Crippen LogP contribution is -2.34. The number of carbonyl (C=O) groups is 2. The molecule has 0 bridgehead atoms. The molecule has 7 heteroatoms. The molecular weight excluding hydrogens is 312 g/mol. The molecule has 120 valence electrons. The standard InChI is InChI=1S/C16H18N4O2S/c1-10-7-11(20(2)19-10)9-17-15(21)8-14-16(22)18-12-5-3-4-6-13(12)23-14/h3-7,14H,8-9H2,1-2H3,(H,17,21)(H,18,22). The molecule has 3 rings (SSSR count). The third kappa shape index (κ3) is 3.56. The van der Waals surface area contributed by atoms with Gasteiger partial charge in [0.1, 0.15) is 0 Å². The average molecular weight is 330 g/mol. The number of benzene rings is 1. The van der Waals surface area contributed by atoms with Crippen LogP contribution in [0.5, 0.6) is 0 Å². The zero-order valence-electron chi connectivity index (χ0n) is 13.0. The van der Waals surface area contributed by atoms with Gasteiger partial charge in [-0.15, -0.1) is 11.8 Å². The summed E-state index contributed by atoms with van der Waals surface area (Å²) in [6.45, 7) is 2.32. The summed E-state index contributed by atoms with van der Waals surface area (Å²) in [6.07, 6.45) is 0.154. The Labute approximate surface area is 138 Å². The Kier molecular flexibility index (Phi) is 4.38. The molecule has 1 unspecified atom stereocenters. The van der Waals surface area contributed by atoms with Crippen LogP contribution in [-0.2, 0) is 23.2 Å². The summed E-state index contributed by atoms with van der Waals surface area (Å²) in [7, 11) is 1.84. The number of nitrogens with zero attached hydrogens (tertiary/aromatic N) is 2. The van der Waals surface area contributed by atoms with E-state index in [0.717, 1.165) is 22.0 Å². The Balaban J connectivity index is 1.58. The van der Waals surface area contributed by atoms with E-state index in [-0.39, 0.29) is 18.2 Å². The molecule has 1 aliphatic heterocycles. The minimum absolute atomic E-state index is 0.125. The summed E-state index contributed by atoms with van der Waals surface area (Å²) in [5.41, 5.74) is 2.65. The molecule has 6 nitrogen and oxygen atoms in total. The lowest BCUT2D eigenvalue weighted by molar-refractivity contribution is -0.124. The van der Waals surface area contributed by atoms with Gasteiger partial charge in [0, 0.05) is 18.4 Å². The molecule has 1 aromatic carbocycles. The van der Waals surface area contributed by atoms with E-state index in [2.05, 4.69) is 15.7 Å². The maximum atomic E-state index is 12.1. The first-order chi connectivity index (χ1) is 11.0. The van der Waals surface area contributed by atoms with E-state index in [4.69, 9.17) is 0 Å². The Morgan fingerprint density at radius 2 is 2.22 bits per heavy atom. The van der Waals surface area contributed by atoms with E-state index in [9.17, 15) is 9.59 Å². The van der Waals surface area contributed by atoms with Gasteiger partial charge in [-0.3, -0.25) is 14.3 Å². The number of fused-ring (bicyclic) bond motifs is 1. The van der Waals surface area contributed by atoms with Crippen molar-refractivity contribution in [3.8, 4) is 0 Å². The predicted molar refractivity (Wildman–Crippen MR) is 89.1 cm³/mol.